The van der Waals surface area contributed by atoms with Crippen LogP contribution in [0.2, 0.25) is 5.02 Å². The molecule has 0 aliphatic carbocycles. The SMILES string of the molecule is Cc1c(CCl)ccc(Cl)c1[N+](=O)[O-]. The van der Waals surface area contributed by atoms with Crippen LogP contribution in [-0.4, -0.2) is 4.92 Å². The fraction of sp³-hybridized carbons (Fsp3) is 0.250. The van der Waals surface area contributed by atoms with Crippen LogP contribution in [0.4, 0.5) is 5.69 Å². The fourth-order valence-corrected chi connectivity index (χ4v) is 1.64. The summed E-state index contributed by atoms with van der Waals surface area (Å²) < 4.78 is 0. The summed E-state index contributed by atoms with van der Waals surface area (Å²) in [4.78, 5) is 10.1. The summed E-state index contributed by atoms with van der Waals surface area (Å²) in [6.45, 7) is 1.64. The molecule has 3 nitrogen and oxygen atoms in total. The van der Waals surface area contributed by atoms with Crippen LogP contribution in [0.5, 0.6) is 0 Å². The number of nitro groups is 1. The Kier molecular flexibility index (Phi) is 3.12. The minimum atomic E-state index is -0.492. The van der Waals surface area contributed by atoms with Crippen molar-refractivity contribution < 1.29 is 4.92 Å². The van der Waals surface area contributed by atoms with Gasteiger partial charge in [-0.05, 0) is 18.6 Å². The van der Waals surface area contributed by atoms with E-state index in [0.29, 0.717) is 5.56 Å². The molecule has 1 rings (SSSR count). The van der Waals surface area contributed by atoms with Gasteiger partial charge in [0.15, 0.2) is 0 Å². The molecule has 70 valence electrons. The standard InChI is InChI=1S/C8H7Cl2NO2/c1-5-6(4-9)2-3-7(10)8(5)11(12)13/h2-3H,4H2,1H3. The number of hydrogen-bond acceptors (Lipinski definition) is 2. The minimum absolute atomic E-state index is 0.0557. The first kappa shape index (κ1) is 10.3. The monoisotopic (exact) mass is 219 g/mol. The molecule has 1 aromatic rings. The Morgan fingerprint density at radius 2 is 2.15 bits per heavy atom. The van der Waals surface area contributed by atoms with E-state index in [1.807, 2.05) is 0 Å². The third-order valence-electron chi connectivity index (χ3n) is 1.82. The second-order valence-corrected chi connectivity index (χ2v) is 3.25. The Hall–Kier alpha value is -0.800. The van der Waals surface area contributed by atoms with Gasteiger partial charge in [-0.2, -0.15) is 0 Å². The van der Waals surface area contributed by atoms with Gasteiger partial charge in [0, 0.05) is 11.4 Å². The van der Waals surface area contributed by atoms with Gasteiger partial charge < -0.3 is 0 Å². The Morgan fingerprint density at radius 3 is 2.62 bits per heavy atom. The van der Waals surface area contributed by atoms with Crippen molar-refractivity contribution in [1.82, 2.24) is 0 Å². The van der Waals surface area contributed by atoms with Crippen LogP contribution in [0.15, 0.2) is 12.1 Å². The lowest BCUT2D eigenvalue weighted by Crippen LogP contribution is -1.96. The zero-order valence-electron chi connectivity index (χ0n) is 6.88. The van der Waals surface area contributed by atoms with E-state index in [2.05, 4.69) is 0 Å². The topological polar surface area (TPSA) is 43.1 Å². The van der Waals surface area contributed by atoms with Crippen LogP contribution >= 0.6 is 23.2 Å². The number of nitro benzene ring substituents is 1. The van der Waals surface area contributed by atoms with E-state index in [1.54, 1.807) is 13.0 Å². The molecule has 0 fully saturated rings. The maximum Gasteiger partial charge on any atom is 0.291 e. The van der Waals surface area contributed by atoms with Gasteiger partial charge in [-0.3, -0.25) is 10.1 Å². The molecule has 0 bridgehead atoms. The van der Waals surface area contributed by atoms with Gasteiger partial charge in [0.2, 0.25) is 0 Å². The highest BCUT2D eigenvalue weighted by Gasteiger charge is 2.17. The van der Waals surface area contributed by atoms with Crippen LogP contribution in [0.1, 0.15) is 11.1 Å². The number of nitrogens with zero attached hydrogens (tertiary/aromatic N) is 1. The van der Waals surface area contributed by atoms with Gasteiger partial charge in [-0.1, -0.05) is 17.7 Å². The number of alkyl halides is 1. The van der Waals surface area contributed by atoms with Crippen molar-refractivity contribution in [2.24, 2.45) is 0 Å². The van der Waals surface area contributed by atoms with Crippen LogP contribution in [0, 0.1) is 17.0 Å². The zero-order chi connectivity index (χ0) is 10.0. The molecule has 0 atom stereocenters. The molecule has 0 N–H and O–H groups in total. The third kappa shape index (κ3) is 1.92. The minimum Gasteiger partial charge on any atom is -0.258 e. The summed E-state index contributed by atoms with van der Waals surface area (Å²) in [7, 11) is 0. The summed E-state index contributed by atoms with van der Waals surface area (Å²) >= 11 is 11.3. The van der Waals surface area contributed by atoms with Gasteiger partial charge in [0.25, 0.3) is 5.69 Å². The maximum atomic E-state index is 10.6. The first-order valence-electron chi connectivity index (χ1n) is 3.56. The second kappa shape index (κ2) is 3.94. The predicted octanol–water partition coefficient (Wildman–Crippen LogP) is 3.30. The van der Waals surface area contributed by atoms with Crippen LogP contribution in [0.3, 0.4) is 0 Å². The molecule has 1 aromatic carbocycles. The van der Waals surface area contributed by atoms with Crippen molar-refractivity contribution in [1.29, 1.82) is 0 Å². The van der Waals surface area contributed by atoms with Crippen molar-refractivity contribution >= 4 is 28.9 Å². The Morgan fingerprint density at radius 1 is 1.54 bits per heavy atom. The van der Waals surface area contributed by atoms with Gasteiger partial charge in [0.1, 0.15) is 5.02 Å². The summed E-state index contributed by atoms with van der Waals surface area (Å²) in [5.74, 6) is 0.254. The quantitative estimate of drug-likeness (QED) is 0.436. The molecule has 0 radical (unpaired) electrons. The van der Waals surface area contributed by atoms with E-state index < -0.39 is 4.92 Å². The molecule has 0 aliphatic heterocycles. The molecule has 0 aliphatic rings. The normalized spacial score (nSPS) is 10.1. The number of halogens is 2. The van der Waals surface area contributed by atoms with E-state index in [9.17, 15) is 10.1 Å². The first-order chi connectivity index (χ1) is 6.07. The molecule has 0 heterocycles. The molecule has 5 heteroatoms. The highest BCUT2D eigenvalue weighted by molar-refractivity contribution is 6.32. The van der Waals surface area contributed by atoms with Crippen LogP contribution in [-0.2, 0) is 5.88 Å². The smallest absolute Gasteiger partial charge is 0.258 e. The Labute approximate surface area is 85.4 Å². The Balaban J connectivity index is 3.38. The van der Waals surface area contributed by atoms with Gasteiger partial charge in [-0.15, -0.1) is 11.6 Å². The summed E-state index contributed by atoms with van der Waals surface area (Å²) in [6, 6.07) is 3.18. The molecular weight excluding hydrogens is 213 g/mol. The fourth-order valence-electron chi connectivity index (χ4n) is 1.08. The molecular formula is C8H7Cl2NO2. The number of rotatable bonds is 2. The van der Waals surface area contributed by atoms with Gasteiger partial charge in [-0.25, -0.2) is 0 Å². The predicted molar refractivity (Wildman–Crippen MR) is 52.4 cm³/mol. The van der Waals surface area contributed by atoms with Crippen LogP contribution < -0.4 is 0 Å². The molecule has 0 spiro atoms. The summed E-state index contributed by atoms with van der Waals surface area (Å²) in [5, 5.41) is 10.7. The zero-order valence-corrected chi connectivity index (χ0v) is 8.39. The van der Waals surface area contributed by atoms with Crippen molar-refractivity contribution in [3.8, 4) is 0 Å². The first-order valence-corrected chi connectivity index (χ1v) is 4.47. The van der Waals surface area contributed by atoms with E-state index in [4.69, 9.17) is 23.2 Å². The molecule has 0 unspecified atom stereocenters. The highest BCUT2D eigenvalue weighted by atomic mass is 35.5. The lowest BCUT2D eigenvalue weighted by Gasteiger charge is -2.03. The lowest BCUT2D eigenvalue weighted by atomic mass is 10.1. The van der Waals surface area contributed by atoms with Crippen LogP contribution in [0.25, 0.3) is 0 Å². The van der Waals surface area contributed by atoms with Crippen molar-refractivity contribution in [2.45, 2.75) is 12.8 Å². The molecule has 0 saturated heterocycles. The van der Waals surface area contributed by atoms with Crippen molar-refractivity contribution in [3.63, 3.8) is 0 Å². The number of hydrogen-bond donors (Lipinski definition) is 0. The summed E-state index contributed by atoms with van der Waals surface area (Å²) in [5.41, 5.74) is 1.21. The maximum absolute atomic E-state index is 10.6. The summed E-state index contributed by atoms with van der Waals surface area (Å²) in [6.07, 6.45) is 0. The van der Waals surface area contributed by atoms with Gasteiger partial charge >= 0.3 is 0 Å². The van der Waals surface area contributed by atoms with Gasteiger partial charge in [0.05, 0.1) is 4.92 Å². The number of benzene rings is 1. The third-order valence-corrected chi connectivity index (χ3v) is 2.41. The van der Waals surface area contributed by atoms with E-state index in [1.165, 1.54) is 6.07 Å². The molecule has 0 saturated carbocycles. The van der Waals surface area contributed by atoms with E-state index >= 15 is 0 Å². The highest BCUT2D eigenvalue weighted by Crippen LogP contribution is 2.30. The lowest BCUT2D eigenvalue weighted by molar-refractivity contribution is -0.385. The Bertz CT molecular complexity index is 352. The molecule has 0 amide bonds. The second-order valence-electron chi connectivity index (χ2n) is 2.57. The van der Waals surface area contributed by atoms with Crippen molar-refractivity contribution in [3.05, 3.63) is 38.4 Å². The van der Waals surface area contributed by atoms with E-state index in [0.717, 1.165) is 5.56 Å². The molecule has 0 aromatic heterocycles. The molecule has 13 heavy (non-hydrogen) atoms. The average Bonchev–Trinajstić information content (AvgIpc) is 2.04. The largest absolute Gasteiger partial charge is 0.291 e. The average molecular weight is 220 g/mol. The van der Waals surface area contributed by atoms with Crippen molar-refractivity contribution in [2.75, 3.05) is 0 Å². The van der Waals surface area contributed by atoms with E-state index in [-0.39, 0.29) is 16.6 Å².